The van der Waals surface area contributed by atoms with E-state index in [-0.39, 0.29) is 6.61 Å². The summed E-state index contributed by atoms with van der Waals surface area (Å²) in [5.74, 6) is 0. The third-order valence-electron chi connectivity index (χ3n) is 1.92. The third kappa shape index (κ3) is 2.89. The van der Waals surface area contributed by atoms with Gasteiger partial charge in [-0.1, -0.05) is 23.8 Å². The second-order valence-electron chi connectivity index (χ2n) is 3.08. The predicted molar refractivity (Wildman–Crippen MR) is 51.2 cm³/mol. The number of benzene rings is 1. The van der Waals surface area contributed by atoms with E-state index in [0.717, 1.165) is 5.56 Å². The molecule has 0 spiro atoms. The second kappa shape index (κ2) is 4.64. The van der Waals surface area contributed by atoms with Gasteiger partial charge in [-0.3, -0.25) is 0 Å². The first-order valence-corrected chi connectivity index (χ1v) is 4.25. The predicted octanol–water partition coefficient (Wildman–Crippen LogP) is 2.34. The Morgan fingerprint density at radius 2 is 2.15 bits per heavy atom. The Morgan fingerprint density at radius 1 is 1.38 bits per heavy atom. The van der Waals surface area contributed by atoms with Crippen molar-refractivity contribution >= 4 is 0 Å². The number of rotatable bonds is 3. The highest BCUT2D eigenvalue weighted by Crippen LogP contribution is 2.11. The topological polar surface area (TPSA) is 33.0 Å². The molecule has 0 atom stereocenters. The molecule has 0 N–H and O–H groups in total. The minimum atomic E-state index is 0.160. The van der Waals surface area contributed by atoms with Gasteiger partial charge >= 0.3 is 0 Å². The van der Waals surface area contributed by atoms with Crippen molar-refractivity contribution in [2.45, 2.75) is 20.5 Å². The van der Waals surface area contributed by atoms with Crippen LogP contribution in [0, 0.1) is 25.2 Å². The van der Waals surface area contributed by atoms with Gasteiger partial charge in [-0.05, 0) is 25.0 Å². The van der Waals surface area contributed by atoms with Gasteiger partial charge in [0.15, 0.2) is 0 Å². The van der Waals surface area contributed by atoms with E-state index in [2.05, 4.69) is 26.0 Å². The largest absolute Gasteiger partial charge is 0.362 e. The molecule has 1 aromatic rings. The van der Waals surface area contributed by atoms with Crippen molar-refractivity contribution < 1.29 is 4.74 Å². The summed E-state index contributed by atoms with van der Waals surface area (Å²) >= 11 is 0. The third-order valence-corrected chi connectivity index (χ3v) is 1.92. The molecule has 0 amide bonds. The number of nitriles is 1. The van der Waals surface area contributed by atoms with Crippen molar-refractivity contribution in [3.8, 4) is 6.07 Å². The molecule has 1 aromatic carbocycles. The first-order chi connectivity index (χ1) is 6.24. The average molecular weight is 175 g/mol. The summed E-state index contributed by atoms with van der Waals surface area (Å²) in [6.07, 6.45) is 0. The zero-order valence-electron chi connectivity index (χ0n) is 8.00. The van der Waals surface area contributed by atoms with Crippen molar-refractivity contribution in [2.75, 3.05) is 6.61 Å². The van der Waals surface area contributed by atoms with Crippen LogP contribution in [0.4, 0.5) is 0 Å². The van der Waals surface area contributed by atoms with Gasteiger partial charge < -0.3 is 4.74 Å². The molecule has 0 aliphatic carbocycles. The van der Waals surface area contributed by atoms with E-state index in [1.165, 1.54) is 11.1 Å². The van der Waals surface area contributed by atoms with Crippen LogP contribution in [0.2, 0.25) is 0 Å². The molecule has 0 radical (unpaired) electrons. The minimum absolute atomic E-state index is 0.160. The quantitative estimate of drug-likeness (QED) is 0.660. The Morgan fingerprint density at radius 3 is 2.77 bits per heavy atom. The molecule has 0 fully saturated rings. The molecular weight excluding hydrogens is 162 g/mol. The van der Waals surface area contributed by atoms with Crippen LogP contribution < -0.4 is 0 Å². The number of aryl methyl sites for hydroxylation is 2. The Balaban J connectivity index is 2.62. The molecule has 0 heterocycles. The van der Waals surface area contributed by atoms with Crippen LogP contribution in [0.1, 0.15) is 16.7 Å². The monoisotopic (exact) mass is 175 g/mol. The van der Waals surface area contributed by atoms with Crippen molar-refractivity contribution in [1.82, 2.24) is 0 Å². The normalized spacial score (nSPS) is 9.62. The van der Waals surface area contributed by atoms with E-state index in [9.17, 15) is 0 Å². The lowest BCUT2D eigenvalue weighted by Crippen LogP contribution is -1.95. The molecule has 0 saturated carbocycles. The smallest absolute Gasteiger partial charge is 0.134 e. The highest BCUT2D eigenvalue weighted by molar-refractivity contribution is 5.29. The Labute approximate surface area is 78.8 Å². The molecule has 0 aliphatic heterocycles. The maximum Gasteiger partial charge on any atom is 0.134 e. The Hall–Kier alpha value is -1.33. The highest BCUT2D eigenvalue weighted by atomic mass is 16.5. The summed E-state index contributed by atoms with van der Waals surface area (Å²) in [6, 6.07) is 8.16. The molecule has 0 unspecified atom stereocenters. The van der Waals surface area contributed by atoms with Crippen LogP contribution >= 0.6 is 0 Å². The number of hydrogen-bond donors (Lipinski definition) is 0. The maximum atomic E-state index is 8.28. The van der Waals surface area contributed by atoms with Crippen LogP contribution in [0.15, 0.2) is 18.2 Å². The number of nitrogens with zero attached hydrogens (tertiary/aromatic N) is 1. The molecule has 0 bridgehead atoms. The Kier molecular flexibility index (Phi) is 3.48. The molecule has 2 heteroatoms. The maximum absolute atomic E-state index is 8.28. The van der Waals surface area contributed by atoms with Gasteiger partial charge in [-0.25, -0.2) is 0 Å². The fourth-order valence-electron chi connectivity index (χ4n) is 1.21. The van der Waals surface area contributed by atoms with Crippen LogP contribution in [0.25, 0.3) is 0 Å². The van der Waals surface area contributed by atoms with Crippen LogP contribution in [0.5, 0.6) is 0 Å². The van der Waals surface area contributed by atoms with Gasteiger partial charge in [0.05, 0.1) is 12.7 Å². The van der Waals surface area contributed by atoms with Gasteiger partial charge in [-0.2, -0.15) is 5.26 Å². The summed E-state index contributed by atoms with van der Waals surface area (Å²) in [6.45, 7) is 4.80. The van der Waals surface area contributed by atoms with Crippen molar-refractivity contribution in [2.24, 2.45) is 0 Å². The van der Waals surface area contributed by atoms with Crippen LogP contribution in [0.3, 0.4) is 0 Å². The summed E-state index contributed by atoms with van der Waals surface area (Å²) in [7, 11) is 0. The number of ether oxygens (including phenoxy) is 1. The molecule has 0 saturated heterocycles. The molecule has 68 valence electrons. The highest BCUT2D eigenvalue weighted by Gasteiger charge is 1.97. The summed E-state index contributed by atoms with van der Waals surface area (Å²) in [5.41, 5.74) is 3.63. The van der Waals surface area contributed by atoms with E-state index in [0.29, 0.717) is 6.61 Å². The Bertz CT molecular complexity index is 325. The van der Waals surface area contributed by atoms with Crippen molar-refractivity contribution in [3.63, 3.8) is 0 Å². The van der Waals surface area contributed by atoms with E-state index in [1.807, 2.05) is 12.1 Å². The molecule has 13 heavy (non-hydrogen) atoms. The summed E-state index contributed by atoms with van der Waals surface area (Å²) in [4.78, 5) is 0. The van der Waals surface area contributed by atoms with E-state index >= 15 is 0 Å². The van der Waals surface area contributed by atoms with Gasteiger partial charge in [0.25, 0.3) is 0 Å². The molecule has 0 aromatic heterocycles. The lowest BCUT2D eigenvalue weighted by Gasteiger charge is -2.05. The van der Waals surface area contributed by atoms with Gasteiger partial charge in [-0.15, -0.1) is 0 Å². The summed E-state index contributed by atoms with van der Waals surface area (Å²) in [5, 5.41) is 8.28. The zero-order chi connectivity index (χ0) is 9.68. The fourth-order valence-corrected chi connectivity index (χ4v) is 1.21. The molecule has 2 nitrogen and oxygen atoms in total. The van der Waals surface area contributed by atoms with Gasteiger partial charge in [0, 0.05) is 0 Å². The van der Waals surface area contributed by atoms with Gasteiger partial charge in [0.2, 0.25) is 0 Å². The SMILES string of the molecule is Cc1ccc(COCC#N)c(C)c1. The molecule has 0 aliphatic rings. The molecular formula is C11H13NO. The summed E-state index contributed by atoms with van der Waals surface area (Å²) < 4.78 is 5.13. The lowest BCUT2D eigenvalue weighted by atomic mass is 10.1. The molecule has 1 rings (SSSR count). The fraction of sp³-hybridized carbons (Fsp3) is 0.364. The van der Waals surface area contributed by atoms with Crippen molar-refractivity contribution in [3.05, 3.63) is 34.9 Å². The van der Waals surface area contributed by atoms with E-state index in [4.69, 9.17) is 10.00 Å². The van der Waals surface area contributed by atoms with Crippen molar-refractivity contribution in [1.29, 1.82) is 5.26 Å². The standard InChI is InChI=1S/C11H13NO/c1-9-3-4-11(10(2)7-9)8-13-6-5-12/h3-4,7H,6,8H2,1-2H3. The van der Waals surface area contributed by atoms with E-state index < -0.39 is 0 Å². The lowest BCUT2D eigenvalue weighted by molar-refractivity contribution is 0.152. The first-order valence-electron chi connectivity index (χ1n) is 4.25. The van der Waals surface area contributed by atoms with Crippen LogP contribution in [-0.4, -0.2) is 6.61 Å². The van der Waals surface area contributed by atoms with E-state index in [1.54, 1.807) is 0 Å². The van der Waals surface area contributed by atoms with Gasteiger partial charge in [0.1, 0.15) is 6.61 Å². The second-order valence-corrected chi connectivity index (χ2v) is 3.08. The van der Waals surface area contributed by atoms with Crippen LogP contribution in [-0.2, 0) is 11.3 Å². The zero-order valence-corrected chi connectivity index (χ0v) is 8.00. The number of hydrogen-bond acceptors (Lipinski definition) is 2. The minimum Gasteiger partial charge on any atom is -0.362 e. The average Bonchev–Trinajstić information content (AvgIpc) is 2.09. The first kappa shape index (κ1) is 9.76.